The fraction of sp³-hybridized carbons (Fsp3) is 0.625. The number of carbonyl (C=O) groups is 1. The van der Waals surface area contributed by atoms with E-state index in [1.807, 2.05) is 11.9 Å². The predicted molar refractivity (Wildman–Crippen MR) is 90.7 cm³/mol. The van der Waals surface area contributed by atoms with Crippen molar-refractivity contribution in [3.8, 4) is 0 Å². The standard InChI is InChI=1S/C16H23N7O/c1-22(16-14-15(18-9-17-14)19-10-20-16)8-13(24)21-11-5-7-23-6-3-2-4-12(11)23/h9-12H,2-8H2,1H3,(H,21,24)(H,17,18,19,20)/t11-,12+/m0/s1. The van der Waals surface area contributed by atoms with Gasteiger partial charge in [0.15, 0.2) is 11.5 Å². The molecule has 128 valence electrons. The summed E-state index contributed by atoms with van der Waals surface area (Å²) >= 11 is 0. The van der Waals surface area contributed by atoms with Crippen LogP contribution in [0.3, 0.4) is 0 Å². The lowest BCUT2D eigenvalue weighted by Crippen LogP contribution is -2.49. The number of amides is 1. The summed E-state index contributed by atoms with van der Waals surface area (Å²) in [6, 6.07) is 0.801. The van der Waals surface area contributed by atoms with Crippen molar-refractivity contribution in [2.75, 3.05) is 31.6 Å². The highest BCUT2D eigenvalue weighted by molar-refractivity contribution is 5.87. The van der Waals surface area contributed by atoms with E-state index in [1.165, 1.54) is 32.1 Å². The van der Waals surface area contributed by atoms with E-state index in [0.717, 1.165) is 18.5 Å². The lowest BCUT2D eigenvalue weighted by Gasteiger charge is -2.32. The minimum absolute atomic E-state index is 0.0428. The number of nitrogens with one attached hydrogen (secondary N) is 2. The Balaban J connectivity index is 1.40. The van der Waals surface area contributed by atoms with Crippen molar-refractivity contribution in [3.05, 3.63) is 12.7 Å². The number of fused-ring (bicyclic) bond motifs is 2. The molecule has 2 atom stereocenters. The van der Waals surface area contributed by atoms with Gasteiger partial charge < -0.3 is 15.2 Å². The maximum atomic E-state index is 12.5. The van der Waals surface area contributed by atoms with Gasteiger partial charge in [0.1, 0.15) is 11.8 Å². The summed E-state index contributed by atoms with van der Waals surface area (Å²) < 4.78 is 0. The second-order valence-corrected chi connectivity index (χ2v) is 6.72. The smallest absolute Gasteiger partial charge is 0.239 e. The minimum Gasteiger partial charge on any atom is -0.350 e. The molecule has 0 spiro atoms. The van der Waals surface area contributed by atoms with Crippen molar-refractivity contribution in [3.63, 3.8) is 0 Å². The molecule has 2 aliphatic rings. The molecule has 4 heterocycles. The van der Waals surface area contributed by atoms with E-state index in [2.05, 4.69) is 30.2 Å². The SMILES string of the molecule is CN(CC(=O)N[C@H]1CCN2CCCC[C@H]12)c1ncnc2nc[nH]c12. The quantitative estimate of drug-likeness (QED) is 0.850. The number of anilines is 1. The number of imidazole rings is 1. The topological polar surface area (TPSA) is 90.0 Å². The number of hydrogen-bond donors (Lipinski definition) is 2. The Morgan fingerprint density at radius 1 is 1.33 bits per heavy atom. The third-order valence-electron chi connectivity index (χ3n) is 5.15. The fourth-order valence-corrected chi connectivity index (χ4v) is 4.00. The summed E-state index contributed by atoms with van der Waals surface area (Å²) in [6.45, 7) is 2.55. The van der Waals surface area contributed by atoms with E-state index in [-0.39, 0.29) is 18.5 Å². The number of rotatable bonds is 4. The van der Waals surface area contributed by atoms with Gasteiger partial charge >= 0.3 is 0 Å². The van der Waals surface area contributed by atoms with E-state index >= 15 is 0 Å². The molecule has 0 saturated carbocycles. The molecule has 8 nitrogen and oxygen atoms in total. The van der Waals surface area contributed by atoms with Crippen LogP contribution in [0.5, 0.6) is 0 Å². The van der Waals surface area contributed by atoms with Gasteiger partial charge in [-0.2, -0.15) is 0 Å². The lowest BCUT2D eigenvalue weighted by molar-refractivity contribution is -0.120. The Morgan fingerprint density at radius 2 is 2.25 bits per heavy atom. The van der Waals surface area contributed by atoms with Gasteiger partial charge in [-0.3, -0.25) is 9.69 Å². The second kappa shape index (κ2) is 6.35. The van der Waals surface area contributed by atoms with Gasteiger partial charge in [-0.05, 0) is 25.8 Å². The highest BCUT2D eigenvalue weighted by atomic mass is 16.2. The van der Waals surface area contributed by atoms with E-state index in [1.54, 1.807) is 6.33 Å². The molecule has 2 fully saturated rings. The summed E-state index contributed by atoms with van der Waals surface area (Å²) in [5.41, 5.74) is 1.37. The van der Waals surface area contributed by atoms with Crippen LogP contribution in [0.25, 0.3) is 11.2 Å². The second-order valence-electron chi connectivity index (χ2n) is 6.72. The molecule has 24 heavy (non-hydrogen) atoms. The first-order valence-electron chi connectivity index (χ1n) is 8.61. The summed E-state index contributed by atoms with van der Waals surface area (Å²) in [4.78, 5) is 32.4. The maximum Gasteiger partial charge on any atom is 0.239 e. The molecule has 2 aromatic heterocycles. The van der Waals surface area contributed by atoms with Gasteiger partial charge in [0.2, 0.25) is 5.91 Å². The van der Waals surface area contributed by atoms with Gasteiger partial charge in [-0.25, -0.2) is 15.0 Å². The van der Waals surface area contributed by atoms with Gasteiger partial charge in [-0.1, -0.05) is 6.42 Å². The van der Waals surface area contributed by atoms with Crippen molar-refractivity contribution in [2.45, 2.75) is 37.8 Å². The molecule has 8 heteroatoms. The third-order valence-corrected chi connectivity index (χ3v) is 5.15. The van der Waals surface area contributed by atoms with Crippen molar-refractivity contribution >= 4 is 22.9 Å². The van der Waals surface area contributed by atoms with Crippen LogP contribution < -0.4 is 10.2 Å². The largest absolute Gasteiger partial charge is 0.350 e. The Hall–Kier alpha value is -2.22. The highest BCUT2D eigenvalue weighted by Gasteiger charge is 2.36. The lowest BCUT2D eigenvalue weighted by atomic mass is 9.99. The number of aromatic amines is 1. The number of carbonyl (C=O) groups excluding carboxylic acids is 1. The molecule has 2 aliphatic heterocycles. The van der Waals surface area contributed by atoms with Crippen LogP contribution in [-0.2, 0) is 4.79 Å². The van der Waals surface area contributed by atoms with Crippen LogP contribution >= 0.6 is 0 Å². The molecule has 2 saturated heterocycles. The fourth-order valence-electron chi connectivity index (χ4n) is 4.00. The highest BCUT2D eigenvalue weighted by Crippen LogP contribution is 2.27. The molecule has 1 amide bonds. The zero-order valence-corrected chi connectivity index (χ0v) is 13.9. The molecule has 2 aromatic rings. The zero-order chi connectivity index (χ0) is 16.5. The Bertz CT molecular complexity index is 730. The summed E-state index contributed by atoms with van der Waals surface area (Å²) in [7, 11) is 1.86. The average molecular weight is 329 g/mol. The van der Waals surface area contributed by atoms with Crippen LogP contribution in [-0.4, -0.2) is 69.5 Å². The van der Waals surface area contributed by atoms with Crippen molar-refractivity contribution < 1.29 is 4.79 Å². The van der Waals surface area contributed by atoms with Gasteiger partial charge in [0, 0.05) is 25.7 Å². The van der Waals surface area contributed by atoms with Crippen LogP contribution in [0, 0.1) is 0 Å². The van der Waals surface area contributed by atoms with Crippen LogP contribution in [0.4, 0.5) is 5.82 Å². The van der Waals surface area contributed by atoms with E-state index in [4.69, 9.17) is 0 Å². The monoisotopic (exact) mass is 329 g/mol. The number of H-pyrrole nitrogens is 1. The van der Waals surface area contributed by atoms with Crippen molar-refractivity contribution in [2.24, 2.45) is 0 Å². The average Bonchev–Trinajstić information content (AvgIpc) is 3.21. The minimum atomic E-state index is 0.0428. The molecule has 0 unspecified atom stereocenters. The Kier molecular flexibility index (Phi) is 4.05. The van der Waals surface area contributed by atoms with Gasteiger partial charge in [0.25, 0.3) is 0 Å². The first-order chi connectivity index (χ1) is 11.7. The normalized spacial score (nSPS) is 24.0. The van der Waals surface area contributed by atoms with Gasteiger partial charge in [0.05, 0.1) is 12.9 Å². The first kappa shape index (κ1) is 15.3. The molecule has 4 rings (SSSR count). The molecule has 0 bridgehead atoms. The molecule has 0 radical (unpaired) electrons. The Labute approximate surface area is 140 Å². The Morgan fingerprint density at radius 3 is 3.17 bits per heavy atom. The van der Waals surface area contributed by atoms with E-state index in [0.29, 0.717) is 17.5 Å². The number of piperidine rings is 1. The number of nitrogens with zero attached hydrogens (tertiary/aromatic N) is 5. The van der Waals surface area contributed by atoms with Crippen LogP contribution in [0.1, 0.15) is 25.7 Å². The zero-order valence-electron chi connectivity index (χ0n) is 13.9. The van der Waals surface area contributed by atoms with E-state index < -0.39 is 0 Å². The molecule has 0 aromatic carbocycles. The predicted octanol–water partition coefficient (Wildman–Crippen LogP) is 0.532. The molecule has 2 N–H and O–H groups in total. The van der Waals surface area contributed by atoms with Crippen LogP contribution in [0.15, 0.2) is 12.7 Å². The maximum absolute atomic E-state index is 12.5. The summed E-state index contributed by atoms with van der Waals surface area (Å²) in [5, 5.41) is 3.23. The van der Waals surface area contributed by atoms with Crippen molar-refractivity contribution in [1.29, 1.82) is 0 Å². The molecular weight excluding hydrogens is 306 g/mol. The van der Waals surface area contributed by atoms with Gasteiger partial charge in [-0.15, -0.1) is 0 Å². The number of aromatic nitrogens is 4. The third kappa shape index (κ3) is 2.82. The van der Waals surface area contributed by atoms with Crippen LogP contribution in [0.2, 0.25) is 0 Å². The number of likely N-dealkylation sites (N-methyl/N-ethyl adjacent to an activating group) is 1. The summed E-state index contributed by atoms with van der Waals surface area (Å²) in [6.07, 6.45) is 7.87. The summed E-state index contributed by atoms with van der Waals surface area (Å²) in [5.74, 6) is 0.736. The molecular formula is C16H23N7O. The number of hydrogen-bond acceptors (Lipinski definition) is 6. The van der Waals surface area contributed by atoms with Crippen molar-refractivity contribution in [1.82, 2.24) is 30.2 Å². The molecule has 0 aliphatic carbocycles. The van der Waals surface area contributed by atoms with E-state index in [9.17, 15) is 4.79 Å². The first-order valence-corrected chi connectivity index (χ1v) is 8.61.